The molecule has 0 atom stereocenters. The number of carbonyl (C=O) groups is 2. The number of hydrogen-bond acceptors (Lipinski definition) is 2. The molecule has 1 saturated carbocycles. The second kappa shape index (κ2) is 6.11. The lowest BCUT2D eigenvalue weighted by atomic mass is 9.98. The maximum Gasteiger partial charge on any atom is 0.254 e. The molecule has 122 valence electrons. The van der Waals surface area contributed by atoms with Crippen LogP contribution in [0.15, 0.2) is 48.5 Å². The van der Waals surface area contributed by atoms with E-state index in [4.69, 9.17) is 0 Å². The number of fused-ring (bicyclic) bond motifs is 1. The van der Waals surface area contributed by atoms with Crippen molar-refractivity contribution in [2.24, 2.45) is 5.92 Å². The van der Waals surface area contributed by atoms with Gasteiger partial charge in [-0.15, -0.1) is 0 Å². The Balaban J connectivity index is 1.50. The summed E-state index contributed by atoms with van der Waals surface area (Å²) in [4.78, 5) is 26.4. The van der Waals surface area contributed by atoms with Gasteiger partial charge in [-0.3, -0.25) is 9.59 Å². The van der Waals surface area contributed by atoms with Crippen LogP contribution in [0.1, 0.15) is 34.3 Å². The molecule has 2 aliphatic rings. The van der Waals surface area contributed by atoms with E-state index in [1.807, 2.05) is 47.4 Å². The fraction of sp³-hybridized carbons (Fsp3) is 0.300. The topological polar surface area (TPSA) is 49.4 Å². The van der Waals surface area contributed by atoms with Gasteiger partial charge in [0.15, 0.2) is 0 Å². The van der Waals surface area contributed by atoms with Gasteiger partial charge in [0.25, 0.3) is 5.91 Å². The van der Waals surface area contributed by atoms with Crippen LogP contribution in [0.5, 0.6) is 0 Å². The Morgan fingerprint density at radius 2 is 1.79 bits per heavy atom. The summed E-state index contributed by atoms with van der Waals surface area (Å²) in [6.07, 6.45) is 2.84. The summed E-state index contributed by atoms with van der Waals surface area (Å²) in [5.74, 6) is 0.369. The summed E-state index contributed by atoms with van der Waals surface area (Å²) in [5, 5.41) is 2.99. The molecule has 2 aromatic rings. The summed E-state index contributed by atoms with van der Waals surface area (Å²) in [6.45, 7) is 1.32. The highest BCUT2D eigenvalue weighted by molar-refractivity contribution is 5.95. The molecule has 1 N–H and O–H groups in total. The monoisotopic (exact) mass is 320 g/mol. The fourth-order valence-electron chi connectivity index (χ4n) is 3.16. The van der Waals surface area contributed by atoms with Gasteiger partial charge in [-0.25, -0.2) is 0 Å². The van der Waals surface area contributed by atoms with Crippen LogP contribution in [0.3, 0.4) is 0 Å². The third kappa shape index (κ3) is 3.04. The highest BCUT2D eigenvalue weighted by Gasteiger charge is 2.30. The van der Waals surface area contributed by atoms with Gasteiger partial charge in [-0.2, -0.15) is 0 Å². The molecule has 2 amide bonds. The van der Waals surface area contributed by atoms with Gasteiger partial charge in [0.2, 0.25) is 5.91 Å². The zero-order valence-corrected chi connectivity index (χ0v) is 13.5. The largest absolute Gasteiger partial charge is 0.334 e. The predicted octanol–water partition coefficient (Wildman–Crippen LogP) is 3.23. The maximum atomic E-state index is 12.6. The molecule has 4 rings (SSSR count). The van der Waals surface area contributed by atoms with E-state index in [1.165, 1.54) is 5.56 Å². The lowest BCUT2D eigenvalue weighted by Crippen LogP contribution is -2.36. The van der Waals surface area contributed by atoms with Crippen molar-refractivity contribution in [3.05, 3.63) is 65.2 Å². The molecule has 0 unspecified atom stereocenters. The van der Waals surface area contributed by atoms with Crippen molar-refractivity contribution in [1.82, 2.24) is 4.90 Å². The minimum absolute atomic E-state index is 0.0636. The highest BCUT2D eigenvalue weighted by Crippen LogP contribution is 2.31. The fourth-order valence-corrected chi connectivity index (χ4v) is 3.16. The van der Waals surface area contributed by atoms with Crippen molar-refractivity contribution in [1.29, 1.82) is 0 Å². The van der Waals surface area contributed by atoms with Gasteiger partial charge in [-0.1, -0.05) is 24.3 Å². The molecule has 2 aromatic carbocycles. The standard InChI is InChI=1S/C20H20N2O2/c23-19(15-6-7-15)21-18-9-8-14-10-11-22(13-17(14)12-18)20(24)16-4-2-1-3-5-16/h1-5,8-9,12,15H,6-7,10-11,13H2,(H,21,23). The van der Waals surface area contributed by atoms with E-state index in [9.17, 15) is 9.59 Å². The summed E-state index contributed by atoms with van der Waals surface area (Å²) < 4.78 is 0. The number of nitrogens with one attached hydrogen (secondary N) is 1. The minimum Gasteiger partial charge on any atom is -0.334 e. The molecule has 0 spiro atoms. The second-order valence-electron chi connectivity index (χ2n) is 6.59. The van der Waals surface area contributed by atoms with E-state index in [0.29, 0.717) is 6.54 Å². The number of rotatable bonds is 3. The first-order valence-corrected chi connectivity index (χ1v) is 8.48. The number of nitrogens with zero attached hydrogens (tertiary/aromatic N) is 1. The molecular formula is C20H20N2O2. The van der Waals surface area contributed by atoms with Gasteiger partial charge in [0.05, 0.1) is 0 Å². The summed E-state index contributed by atoms with van der Waals surface area (Å²) >= 11 is 0. The molecular weight excluding hydrogens is 300 g/mol. The zero-order valence-electron chi connectivity index (χ0n) is 13.5. The maximum absolute atomic E-state index is 12.6. The van der Waals surface area contributed by atoms with Gasteiger partial charge in [-0.05, 0) is 54.7 Å². The Bertz CT molecular complexity index is 781. The Hall–Kier alpha value is -2.62. The van der Waals surface area contributed by atoms with Gasteiger partial charge < -0.3 is 10.2 Å². The van der Waals surface area contributed by atoms with Crippen LogP contribution in [0.2, 0.25) is 0 Å². The number of amides is 2. The van der Waals surface area contributed by atoms with E-state index in [0.717, 1.165) is 42.6 Å². The number of carbonyl (C=O) groups excluding carboxylic acids is 2. The van der Waals surface area contributed by atoms with Crippen molar-refractivity contribution >= 4 is 17.5 Å². The normalized spacial score (nSPS) is 16.4. The van der Waals surface area contributed by atoms with Crippen LogP contribution in [-0.4, -0.2) is 23.3 Å². The number of hydrogen-bond donors (Lipinski definition) is 1. The summed E-state index contributed by atoms with van der Waals surface area (Å²) in [5.41, 5.74) is 3.94. The SMILES string of the molecule is O=C(Nc1ccc2c(c1)CN(C(=O)c1ccccc1)CC2)C1CC1. The summed E-state index contributed by atoms with van der Waals surface area (Å²) in [6, 6.07) is 15.4. The Morgan fingerprint density at radius 3 is 2.54 bits per heavy atom. The molecule has 0 radical (unpaired) electrons. The Kier molecular flexibility index (Phi) is 3.81. The molecule has 1 fully saturated rings. The predicted molar refractivity (Wildman–Crippen MR) is 92.7 cm³/mol. The van der Waals surface area contributed by atoms with Gasteiger partial charge in [0.1, 0.15) is 0 Å². The van der Waals surface area contributed by atoms with Crippen LogP contribution in [-0.2, 0) is 17.8 Å². The average molecular weight is 320 g/mol. The quantitative estimate of drug-likeness (QED) is 0.944. The lowest BCUT2D eigenvalue weighted by molar-refractivity contribution is -0.117. The van der Waals surface area contributed by atoms with E-state index < -0.39 is 0 Å². The first-order chi connectivity index (χ1) is 11.7. The molecule has 0 bridgehead atoms. The lowest BCUT2D eigenvalue weighted by Gasteiger charge is -2.29. The average Bonchev–Trinajstić information content (AvgIpc) is 3.46. The minimum atomic E-state index is 0.0636. The molecule has 1 aliphatic heterocycles. The molecule has 1 aliphatic carbocycles. The van der Waals surface area contributed by atoms with E-state index in [1.54, 1.807) is 0 Å². The van der Waals surface area contributed by atoms with Crippen molar-refractivity contribution in [3.63, 3.8) is 0 Å². The molecule has 24 heavy (non-hydrogen) atoms. The highest BCUT2D eigenvalue weighted by atomic mass is 16.2. The first-order valence-electron chi connectivity index (χ1n) is 8.48. The second-order valence-corrected chi connectivity index (χ2v) is 6.59. The van der Waals surface area contributed by atoms with E-state index >= 15 is 0 Å². The Morgan fingerprint density at radius 1 is 1.00 bits per heavy atom. The van der Waals surface area contributed by atoms with Gasteiger partial charge in [0, 0.05) is 30.3 Å². The molecule has 4 nitrogen and oxygen atoms in total. The molecule has 0 saturated heterocycles. The molecule has 0 aromatic heterocycles. The van der Waals surface area contributed by atoms with Crippen LogP contribution in [0.4, 0.5) is 5.69 Å². The van der Waals surface area contributed by atoms with Crippen LogP contribution < -0.4 is 5.32 Å². The number of anilines is 1. The third-order valence-corrected chi connectivity index (χ3v) is 4.74. The zero-order chi connectivity index (χ0) is 16.5. The number of benzene rings is 2. The third-order valence-electron chi connectivity index (χ3n) is 4.74. The van der Waals surface area contributed by atoms with Crippen LogP contribution in [0.25, 0.3) is 0 Å². The van der Waals surface area contributed by atoms with Crippen molar-refractivity contribution in [3.8, 4) is 0 Å². The smallest absolute Gasteiger partial charge is 0.254 e. The van der Waals surface area contributed by atoms with Crippen molar-refractivity contribution < 1.29 is 9.59 Å². The molecule has 4 heteroatoms. The van der Waals surface area contributed by atoms with Crippen molar-refractivity contribution in [2.45, 2.75) is 25.8 Å². The first kappa shape index (κ1) is 14.9. The van der Waals surface area contributed by atoms with Crippen LogP contribution in [0, 0.1) is 5.92 Å². The molecule has 1 heterocycles. The summed E-state index contributed by atoms with van der Waals surface area (Å²) in [7, 11) is 0. The van der Waals surface area contributed by atoms with E-state index in [2.05, 4.69) is 11.4 Å². The van der Waals surface area contributed by atoms with Crippen LogP contribution >= 0.6 is 0 Å². The Labute approximate surface area is 141 Å². The van der Waals surface area contributed by atoms with E-state index in [-0.39, 0.29) is 17.7 Å². The van der Waals surface area contributed by atoms with Crippen molar-refractivity contribution in [2.75, 3.05) is 11.9 Å². The van der Waals surface area contributed by atoms with Gasteiger partial charge >= 0.3 is 0 Å².